The molecule has 2 rings (SSSR count). The lowest BCUT2D eigenvalue weighted by atomic mass is 10.3. The normalized spacial score (nSPS) is 11.5. The molecule has 0 bridgehead atoms. The van der Waals surface area contributed by atoms with Crippen LogP contribution in [0.15, 0.2) is 12.1 Å². The Morgan fingerprint density at radius 3 is 2.79 bits per heavy atom. The maximum Gasteiger partial charge on any atom is 0.144 e. The molecule has 0 aliphatic heterocycles. The maximum absolute atomic E-state index is 13.1. The van der Waals surface area contributed by atoms with E-state index in [1.54, 1.807) is 10.7 Å². The molecule has 1 heterocycles. The van der Waals surface area contributed by atoms with E-state index in [0.717, 1.165) is 5.52 Å². The van der Waals surface area contributed by atoms with E-state index >= 15 is 0 Å². The summed E-state index contributed by atoms with van der Waals surface area (Å²) in [4.78, 5) is 0. The van der Waals surface area contributed by atoms with Gasteiger partial charge in [-0.05, 0) is 19.9 Å². The maximum atomic E-state index is 13.1. The molecule has 1 aromatic heterocycles. The molecule has 0 aliphatic rings. The molecule has 0 aliphatic carbocycles. The molecule has 14 heavy (non-hydrogen) atoms. The number of halogens is 2. The van der Waals surface area contributed by atoms with Crippen molar-refractivity contribution in [3.8, 4) is 0 Å². The summed E-state index contributed by atoms with van der Waals surface area (Å²) >= 11 is 5.68. The number of hydrogen-bond donors (Lipinski definition) is 0. The van der Waals surface area contributed by atoms with E-state index in [0.29, 0.717) is 5.52 Å². The first kappa shape index (κ1) is 9.40. The van der Waals surface area contributed by atoms with Gasteiger partial charge in [-0.2, -0.15) is 0 Å². The highest BCUT2D eigenvalue weighted by atomic mass is 35.5. The molecule has 0 radical (unpaired) electrons. The minimum atomic E-state index is -0.463. The Hall–Kier alpha value is -1.16. The van der Waals surface area contributed by atoms with Crippen molar-refractivity contribution in [3.05, 3.63) is 23.0 Å². The lowest BCUT2D eigenvalue weighted by Gasteiger charge is -2.05. The highest BCUT2D eigenvalue weighted by molar-refractivity contribution is 6.31. The van der Waals surface area contributed by atoms with Crippen LogP contribution in [0.1, 0.15) is 19.9 Å². The zero-order valence-electron chi connectivity index (χ0n) is 7.83. The van der Waals surface area contributed by atoms with Crippen LogP contribution in [-0.4, -0.2) is 15.0 Å². The summed E-state index contributed by atoms with van der Waals surface area (Å²) in [6.07, 6.45) is 0. The predicted molar refractivity (Wildman–Crippen MR) is 52.9 cm³/mol. The molecule has 0 N–H and O–H groups in total. The number of fused-ring (bicyclic) bond motifs is 1. The molecule has 5 heteroatoms. The second-order valence-electron chi connectivity index (χ2n) is 3.38. The molecule has 0 saturated carbocycles. The smallest absolute Gasteiger partial charge is 0.144 e. The Bertz CT molecular complexity index is 478. The fourth-order valence-electron chi connectivity index (χ4n) is 1.32. The summed E-state index contributed by atoms with van der Waals surface area (Å²) < 4.78 is 14.8. The van der Waals surface area contributed by atoms with E-state index in [2.05, 4.69) is 10.3 Å². The van der Waals surface area contributed by atoms with Gasteiger partial charge in [0.25, 0.3) is 0 Å². The highest BCUT2D eigenvalue weighted by Gasteiger charge is 2.10. The summed E-state index contributed by atoms with van der Waals surface area (Å²) in [5.41, 5.74) is 1.28. The van der Waals surface area contributed by atoms with Crippen LogP contribution in [0, 0.1) is 5.82 Å². The average Bonchev–Trinajstić information content (AvgIpc) is 2.48. The van der Waals surface area contributed by atoms with Crippen LogP contribution in [0.5, 0.6) is 0 Å². The third kappa shape index (κ3) is 1.35. The molecule has 0 unspecified atom stereocenters. The second kappa shape index (κ2) is 3.20. The van der Waals surface area contributed by atoms with Crippen molar-refractivity contribution in [2.24, 2.45) is 0 Å². The zero-order valence-corrected chi connectivity index (χ0v) is 8.59. The quantitative estimate of drug-likeness (QED) is 0.729. The number of rotatable bonds is 1. The Kier molecular flexibility index (Phi) is 2.15. The van der Waals surface area contributed by atoms with Crippen molar-refractivity contribution in [1.82, 2.24) is 15.0 Å². The van der Waals surface area contributed by atoms with E-state index in [1.807, 2.05) is 13.8 Å². The molecule has 1 aromatic carbocycles. The topological polar surface area (TPSA) is 30.7 Å². The monoisotopic (exact) mass is 213 g/mol. The zero-order chi connectivity index (χ0) is 10.3. The van der Waals surface area contributed by atoms with Crippen LogP contribution in [0.2, 0.25) is 5.02 Å². The van der Waals surface area contributed by atoms with Gasteiger partial charge in [-0.25, -0.2) is 9.07 Å². The van der Waals surface area contributed by atoms with Crippen molar-refractivity contribution < 1.29 is 4.39 Å². The average molecular weight is 214 g/mol. The van der Waals surface area contributed by atoms with Crippen molar-refractivity contribution in [2.45, 2.75) is 19.9 Å². The molecule has 0 spiro atoms. The molecule has 0 atom stereocenters. The van der Waals surface area contributed by atoms with Crippen LogP contribution < -0.4 is 0 Å². The van der Waals surface area contributed by atoms with Crippen LogP contribution in [-0.2, 0) is 0 Å². The van der Waals surface area contributed by atoms with E-state index in [9.17, 15) is 4.39 Å². The summed E-state index contributed by atoms with van der Waals surface area (Å²) in [5.74, 6) is -0.463. The highest BCUT2D eigenvalue weighted by Crippen LogP contribution is 2.22. The first-order valence-corrected chi connectivity index (χ1v) is 4.67. The second-order valence-corrected chi connectivity index (χ2v) is 3.79. The number of hydrogen-bond acceptors (Lipinski definition) is 2. The summed E-state index contributed by atoms with van der Waals surface area (Å²) in [7, 11) is 0. The van der Waals surface area contributed by atoms with E-state index in [1.165, 1.54) is 6.07 Å². The van der Waals surface area contributed by atoms with Gasteiger partial charge in [0.2, 0.25) is 0 Å². The third-order valence-electron chi connectivity index (χ3n) is 2.00. The molecule has 0 amide bonds. The molecule has 3 nitrogen and oxygen atoms in total. The molecule has 0 fully saturated rings. The van der Waals surface area contributed by atoms with E-state index < -0.39 is 5.82 Å². The van der Waals surface area contributed by atoms with Gasteiger partial charge in [-0.1, -0.05) is 16.8 Å². The molecule has 74 valence electrons. The summed E-state index contributed by atoms with van der Waals surface area (Å²) in [5, 5.41) is 7.87. The van der Waals surface area contributed by atoms with Gasteiger partial charge in [0.05, 0.1) is 10.5 Å². The Morgan fingerprint density at radius 1 is 1.43 bits per heavy atom. The Labute approximate surface area is 85.5 Å². The summed E-state index contributed by atoms with van der Waals surface area (Å²) in [6, 6.07) is 3.02. The van der Waals surface area contributed by atoms with Gasteiger partial charge in [0, 0.05) is 12.1 Å². The molecular formula is C9H9ClFN3. The van der Waals surface area contributed by atoms with Gasteiger partial charge in [0.1, 0.15) is 11.3 Å². The minimum absolute atomic E-state index is 0.0988. The van der Waals surface area contributed by atoms with Crippen LogP contribution in [0.3, 0.4) is 0 Å². The van der Waals surface area contributed by atoms with Gasteiger partial charge in [0.15, 0.2) is 0 Å². The minimum Gasteiger partial charge on any atom is -0.242 e. The van der Waals surface area contributed by atoms with Gasteiger partial charge in [-0.15, -0.1) is 5.10 Å². The third-order valence-corrected chi connectivity index (χ3v) is 2.29. The number of aromatic nitrogens is 3. The fourth-order valence-corrected chi connectivity index (χ4v) is 1.47. The van der Waals surface area contributed by atoms with Crippen molar-refractivity contribution >= 4 is 22.6 Å². The van der Waals surface area contributed by atoms with E-state index in [4.69, 9.17) is 11.6 Å². The first-order valence-electron chi connectivity index (χ1n) is 4.29. The molecule has 2 aromatic rings. The summed E-state index contributed by atoms with van der Waals surface area (Å²) in [6.45, 7) is 3.96. The predicted octanol–water partition coefficient (Wildman–Crippen LogP) is 2.80. The Balaban J connectivity index is 2.74. The van der Waals surface area contributed by atoms with Gasteiger partial charge in [-0.3, -0.25) is 0 Å². The van der Waals surface area contributed by atoms with E-state index in [-0.39, 0.29) is 11.1 Å². The number of nitrogens with zero attached hydrogens (tertiary/aromatic N) is 3. The fraction of sp³-hybridized carbons (Fsp3) is 0.333. The van der Waals surface area contributed by atoms with Crippen molar-refractivity contribution in [3.63, 3.8) is 0 Å². The largest absolute Gasteiger partial charge is 0.242 e. The SMILES string of the molecule is CC(C)n1nnc2cc(F)c(Cl)cc21. The molecule has 0 saturated heterocycles. The standard InChI is InChI=1S/C9H9ClFN3/c1-5(2)14-9-3-6(10)7(11)4-8(9)12-13-14/h3-5H,1-2H3. The van der Waals surface area contributed by atoms with Crippen LogP contribution in [0.4, 0.5) is 4.39 Å². The molecular weight excluding hydrogens is 205 g/mol. The Morgan fingerprint density at radius 2 is 2.14 bits per heavy atom. The van der Waals surface area contributed by atoms with Gasteiger partial charge < -0.3 is 0 Å². The lowest BCUT2D eigenvalue weighted by molar-refractivity contribution is 0.530. The first-order chi connectivity index (χ1) is 6.59. The number of benzene rings is 1. The van der Waals surface area contributed by atoms with Crippen LogP contribution >= 0.6 is 11.6 Å². The van der Waals surface area contributed by atoms with Gasteiger partial charge >= 0.3 is 0 Å². The van der Waals surface area contributed by atoms with Crippen molar-refractivity contribution in [2.75, 3.05) is 0 Å². The lowest BCUT2D eigenvalue weighted by Crippen LogP contribution is -2.02. The van der Waals surface area contributed by atoms with Crippen LogP contribution in [0.25, 0.3) is 11.0 Å². The van der Waals surface area contributed by atoms with Crippen molar-refractivity contribution in [1.29, 1.82) is 0 Å².